The van der Waals surface area contributed by atoms with Gasteiger partial charge in [0.15, 0.2) is 0 Å². The van der Waals surface area contributed by atoms with Crippen LogP contribution in [0, 0.1) is 145 Å². The lowest BCUT2D eigenvalue weighted by Crippen LogP contribution is -2.26. The topological polar surface area (TPSA) is 212 Å². The first-order valence-corrected chi connectivity index (χ1v) is 44.5. The highest BCUT2D eigenvalue weighted by Crippen LogP contribution is 2.60. The van der Waals surface area contributed by atoms with Crippen LogP contribution in [0.25, 0.3) is 0 Å². The summed E-state index contributed by atoms with van der Waals surface area (Å²) in [6, 6.07) is 0. The van der Waals surface area contributed by atoms with Crippen LogP contribution in [-0.4, -0.2) is 130 Å². The van der Waals surface area contributed by atoms with Gasteiger partial charge in [0, 0.05) is 27.2 Å². The standard InChI is InChI=1S/4C10H14.3C9H18O3.C8H10O2.3C7H14O2/c4*1-2-9-7-4-5-8(6-7)10(9)3-1;3*1-5-9(2,3)8(10)12-7-6-11-4;9-8-6-2-4-1-5(6)7(3-4)10-8;3*1-5-7(2,3)6(8)9-4/h4*1-2,7-10H,3-6H2;3*5-7H2,1-4H3;4-7H,1-3H2;3*5H2,1-4H3. The Morgan fingerprint density at radius 2 is 0.558 bits per heavy atom. The van der Waals surface area contributed by atoms with Crippen LogP contribution in [0.1, 0.15) is 285 Å². The Morgan fingerprint density at radius 1 is 0.319 bits per heavy atom. The maximum Gasteiger partial charge on any atom is 0.311 e. The predicted molar refractivity (Wildman–Crippen MR) is 449 cm³/mol. The molecule has 15 aliphatic rings. The third kappa shape index (κ3) is 27.9. The van der Waals surface area contributed by atoms with Gasteiger partial charge in [-0.2, -0.15) is 0 Å². The molecule has 0 radical (unpaired) electrons. The average Bonchev–Trinajstić information content (AvgIpc) is 1.61. The summed E-state index contributed by atoms with van der Waals surface area (Å²) in [5.74, 6) is 18.4. The zero-order valence-electron chi connectivity index (χ0n) is 75.5. The second-order valence-electron chi connectivity index (χ2n) is 39.1. The Morgan fingerprint density at radius 3 is 0.743 bits per heavy atom. The van der Waals surface area contributed by atoms with Crippen molar-refractivity contribution in [2.24, 2.45) is 145 Å². The second-order valence-corrected chi connectivity index (χ2v) is 39.1. The summed E-state index contributed by atoms with van der Waals surface area (Å²) in [6.45, 7) is 36.8. The molecule has 648 valence electrons. The molecule has 20 atom stereocenters. The van der Waals surface area contributed by atoms with E-state index in [0.717, 1.165) is 152 Å². The normalized spacial score (nSPS) is 31.0. The number of hydrogen-bond acceptors (Lipinski definition) is 17. The number of carbonyl (C=O) groups is 7. The lowest BCUT2D eigenvalue weighted by atomic mass is 9.82. The highest BCUT2D eigenvalue weighted by atomic mass is 16.6. The molecule has 1 saturated heterocycles. The first kappa shape index (κ1) is 98.7. The molecule has 17 nitrogen and oxygen atoms in total. The lowest BCUT2D eigenvalue weighted by molar-refractivity contribution is -0.156. The van der Waals surface area contributed by atoms with Crippen LogP contribution in [0.4, 0.5) is 0 Å². The number of fused-ring (bicyclic) bond motifs is 21. The molecular formula is C96H162O17. The summed E-state index contributed by atoms with van der Waals surface area (Å²) in [6.07, 6.45) is 52.6. The van der Waals surface area contributed by atoms with Crippen molar-refractivity contribution in [3.63, 3.8) is 0 Å². The molecule has 10 bridgehead atoms. The van der Waals surface area contributed by atoms with Gasteiger partial charge in [-0.15, -0.1) is 0 Å². The minimum Gasteiger partial charge on any atom is -0.469 e. The number of hydrogen-bond donors (Lipinski definition) is 0. The smallest absolute Gasteiger partial charge is 0.311 e. The van der Waals surface area contributed by atoms with Crippen LogP contribution < -0.4 is 0 Å². The van der Waals surface area contributed by atoms with Crippen molar-refractivity contribution < 1.29 is 80.9 Å². The van der Waals surface area contributed by atoms with Gasteiger partial charge < -0.3 is 47.4 Å². The van der Waals surface area contributed by atoms with Gasteiger partial charge in [-0.1, -0.05) is 90.2 Å². The van der Waals surface area contributed by atoms with E-state index in [9.17, 15) is 33.6 Å². The highest BCUT2D eigenvalue weighted by molar-refractivity contribution is 5.78. The lowest BCUT2D eigenvalue weighted by Gasteiger charge is -2.23. The minimum atomic E-state index is -0.367. The molecule has 0 aromatic heterocycles. The third-order valence-corrected chi connectivity index (χ3v) is 29.8. The van der Waals surface area contributed by atoms with E-state index in [1.165, 1.54) is 79.1 Å². The zero-order valence-corrected chi connectivity index (χ0v) is 75.5. The Bertz CT molecular complexity index is 2720. The van der Waals surface area contributed by atoms with Gasteiger partial charge in [-0.05, 0) is 344 Å². The molecule has 10 saturated carbocycles. The maximum atomic E-state index is 11.3. The van der Waals surface area contributed by atoms with Gasteiger partial charge in [0.2, 0.25) is 0 Å². The van der Waals surface area contributed by atoms with Gasteiger partial charge in [-0.25, -0.2) is 0 Å². The fraction of sp³-hybridized carbons (Fsp3) is 0.844. The summed E-state index contributed by atoms with van der Waals surface area (Å²) < 4.78 is 48.1. The van der Waals surface area contributed by atoms with Crippen LogP contribution in [-0.2, 0) is 80.9 Å². The summed E-state index contributed by atoms with van der Waals surface area (Å²) in [5, 5.41) is 0. The monoisotopic (exact) mass is 1590 g/mol. The van der Waals surface area contributed by atoms with Crippen LogP contribution in [0.15, 0.2) is 48.6 Å². The SMILES string of the molecule is C1=CC2C3CCC(C3)C2C1.C1=CC2C3CCC(C3)C2C1.C1=CC2C3CCC(C3)C2C1.C1=CC2C3CCC(C3)C2C1.CCC(C)(C)C(=O)OC.CCC(C)(C)C(=O)OC.CCC(C)(C)C(=O)OC.CCC(C)(C)C(=O)OCCOC.CCC(C)(C)C(=O)OCCOC.CCC(C)(C)C(=O)OCCOC.O=C1OC2CC3CC1C2C3. The molecule has 11 fully saturated rings. The summed E-state index contributed by atoms with van der Waals surface area (Å²) in [5.41, 5.74) is -2.03. The molecule has 0 aromatic carbocycles. The third-order valence-electron chi connectivity index (χ3n) is 29.8. The van der Waals surface area contributed by atoms with Crippen LogP contribution >= 0.6 is 0 Å². The van der Waals surface area contributed by atoms with Gasteiger partial charge in [0.05, 0.1) is 79.6 Å². The van der Waals surface area contributed by atoms with Gasteiger partial charge in [0.1, 0.15) is 25.9 Å². The fourth-order valence-electron chi connectivity index (χ4n) is 19.9. The molecule has 17 heteroatoms. The number of allylic oxidation sites excluding steroid dienone is 8. The van der Waals surface area contributed by atoms with E-state index in [0.29, 0.717) is 57.6 Å². The quantitative estimate of drug-likeness (QED) is 0.0452. The largest absolute Gasteiger partial charge is 0.469 e. The molecule has 1 aliphatic heterocycles. The van der Waals surface area contributed by atoms with E-state index in [1.807, 2.05) is 125 Å². The minimum absolute atomic E-state index is 0.0926. The Balaban J connectivity index is 0.000000222. The Kier molecular flexibility index (Phi) is 40.6. The van der Waals surface area contributed by atoms with E-state index in [1.54, 1.807) is 72.7 Å². The number of esters is 7. The van der Waals surface area contributed by atoms with E-state index >= 15 is 0 Å². The van der Waals surface area contributed by atoms with Crippen LogP contribution in [0.3, 0.4) is 0 Å². The second kappa shape index (κ2) is 46.5. The van der Waals surface area contributed by atoms with E-state index in [-0.39, 0.29) is 74.3 Å². The molecule has 0 N–H and O–H groups in total. The molecule has 15 rings (SSSR count). The molecule has 20 unspecified atom stereocenters. The molecule has 0 aromatic rings. The van der Waals surface area contributed by atoms with Crippen molar-refractivity contribution in [3.8, 4) is 0 Å². The summed E-state index contributed by atoms with van der Waals surface area (Å²) >= 11 is 0. The molecule has 1 heterocycles. The van der Waals surface area contributed by atoms with Crippen molar-refractivity contribution in [1.29, 1.82) is 0 Å². The zero-order chi connectivity index (χ0) is 84.2. The predicted octanol–water partition coefficient (Wildman–Crippen LogP) is 21.0. The van der Waals surface area contributed by atoms with Crippen LogP contribution in [0.2, 0.25) is 0 Å². The first-order valence-electron chi connectivity index (χ1n) is 44.5. The molecular weight excluding hydrogens is 1430 g/mol. The van der Waals surface area contributed by atoms with Gasteiger partial charge in [0.25, 0.3) is 0 Å². The highest BCUT2D eigenvalue weighted by Gasteiger charge is 2.57. The number of carbonyl (C=O) groups excluding carboxylic acids is 7. The first-order chi connectivity index (χ1) is 53.4. The number of methoxy groups -OCH3 is 6. The van der Waals surface area contributed by atoms with Crippen molar-refractivity contribution in [2.75, 3.05) is 82.3 Å². The summed E-state index contributed by atoms with van der Waals surface area (Å²) in [7, 11) is 9.00. The van der Waals surface area contributed by atoms with E-state index in [2.05, 4.69) is 62.8 Å². The van der Waals surface area contributed by atoms with Crippen LogP contribution in [0.5, 0.6) is 0 Å². The molecule has 14 aliphatic carbocycles. The summed E-state index contributed by atoms with van der Waals surface area (Å²) in [4.78, 5) is 77.5. The number of ether oxygens (including phenoxy) is 10. The number of rotatable bonds is 21. The maximum absolute atomic E-state index is 11.3. The van der Waals surface area contributed by atoms with Gasteiger partial charge in [-0.3, -0.25) is 33.6 Å². The van der Waals surface area contributed by atoms with Crippen molar-refractivity contribution in [3.05, 3.63) is 48.6 Å². The van der Waals surface area contributed by atoms with E-state index in [4.69, 9.17) is 33.2 Å². The van der Waals surface area contributed by atoms with E-state index < -0.39 is 0 Å². The van der Waals surface area contributed by atoms with Crippen molar-refractivity contribution >= 4 is 41.8 Å². The fourth-order valence-corrected chi connectivity index (χ4v) is 19.9. The molecule has 0 spiro atoms. The molecule has 113 heavy (non-hydrogen) atoms. The van der Waals surface area contributed by atoms with Gasteiger partial charge >= 0.3 is 41.8 Å². The Labute approximate surface area is 686 Å². The van der Waals surface area contributed by atoms with Crippen molar-refractivity contribution in [1.82, 2.24) is 0 Å². The average molecular weight is 1590 g/mol. The Hall–Kier alpha value is -4.87. The molecule has 0 amide bonds. The van der Waals surface area contributed by atoms with Crippen molar-refractivity contribution in [2.45, 2.75) is 291 Å².